The predicted molar refractivity (Wildman–Crippen MR) is 116 cm³/mol. The van der Waals surface area contributed by atoms with Crippen molar-refractivity contribution in [2.24, 2.45) is 5.73 Å². The molecule has 0 unspecified atom stereocenters. The second-order valence-electron chi connectivity index (χ2n) is 7.46. The fourth-order valence-electron chi connectivity index (χ4n) is 3.83. The first kappa shape index (κ1) is 20.5. The number of pyridine rings is 1. The highest BCUT2D eigenvalue weighted by molar-refractivity contribution is 7.21. The number of rotatable bonds is 5. The van der Waals surface area contributed by atoms with Gasteiger partial charge in [-0.05, 0) is 49.4 Å². The van der Waals surface area contributed by atoms with Gasteiger partial charge in [0.25, 0.3) is 5.91 Å². The summed E-state index contributed by atoms with van der Waals surface area (Å²) in [6.45, 7) is 2.56. The molecule has 0 bridgehead atoms. The number of nitrogen functional groups attached to an aromatic ring is 1. The van der Waals surface area contributed by atoms with Crippen LogP contribution in [-0.4, -0.2) is 30.0 Å². The Morgan fingerprint density at radius 1 is 1.33 bits per heavy atom. The van der Waals surface area contributed by atoms with Crippen molar-refractivity contribution in [1.82, 2.24) is 10.3 Å². The number of fused-ring (bicyclic) bond motifs is 2. The van der Waals surface area contributed by atoms with Gasteiger partial charge in [0.15, 0.2) is 0 Å². The van der Waals surface area contributed by atoms with E-state index in [4.69, 9.17) is 11.5 Å². The van der Waals surface area contributed by atoms with Crippen LogP contribution in [0.4, 0.5) is 20.2 Å². The van der Waals surface area contributed by atoms with Gasteiger partial charge in [0.05, 0.1) is 11.4 Å². The molecular weight excluding hydrogens is 408 g/mol. The summed E-state index contributed by atoms with van der Waals surface area (Å²) in [7, 11) is 0. The summed E-state index contributed by atoms with van der Waals surface area (Å²) in [5, 5.41) is 6.49. The molecule has 1 atom stereocenters. The van der Waals surface area contributed by atoms with Crippen LogP contribution in [0.15, 0.2) is 18.2 Å². The van der Waals surface area contributed by atoms with Crippen molar-refractivity contribution in [3.63, 3.8) is 0 Å². The minimum Gasteiger partial charge on any atom is -0.397 e. The standard InChI is InChI=1S/C21H23F2N5OS/c1-10-2-4-13-18(25)19(30-21(13)27-10)20(29)28-11-3-5-12-14(8-11)15(22)9-16(17(12)23)26-7-6-24/h2,4,9,11,26H,3,5-8,24-25H2,1H3,(H,28,29)/t11-/m0/s1. The van der Waals surface area contributed by atoms with Crippen LogP contribution >= 0.6 is 11.3 Å². The van der Waals surface area contributed by atoms with E-state index in [1.54, 1.807) is 0 Å². The van der Waals surface area contributed by atoms with Gasteiger partial charge in [0.2, 0.25) is 0 Å². The van der Waals surface area contributed by atoms with Crippen molar-refractivity contribution >= 4 is 38.8 Å². The molecule has 0 spiro atoms. The molecule has 6 N–H and O–H groups in total. The number of nitrogens with zero attached hydrogens (tertiary/aromatic N) is 1. The number of nitrogens with one attached hydrogen (secondary N) is 2. The number of aromatic nitrogens is 1. The quantitative estimate of drug-likeness (QED) is 0.497. The van der Waals surface area contributed by atoms with Crippen LogP contribution in [0.3, 0.4) is 0 Å². The van der Waals surface area contributed by atoms with Crippen molar-refractivity contribution in [3.05, 3.63) is 51.5 Å². The molecule has 1 aromatic carbocycles. The lowest BCUT2D eigenvalue weighted by Gasteiger charge is -2.27. The van der Waals surface area contributed by atoms with Crippen LogP contribution in [0, 0.1) is 18.6 Å². The number of amides is 1. The van der Waals surface area contributed by atoms with Crippen LogP contribution < -0.4 is 22.1 Å². The first-order chi connectivity index (χ1) is 14.4. The van der Waals surface area contributed by atoms with E-state index in [2.05, 4.69) is 15.6 Å². The van der Waals surface area contributed by atoms with Gasteiger partial charge in [-0.2, -0.15) is 0 Å². The Labute approximate surface area is 176 Å². The van der Waals surface area contributed by atoms with Crippen LogP contribution in [0.1, 0.15) is 32.9 Å². The van der Waals surface area contributed by atoms with Gasteiger partial charge >= 0.3 is 0 Å². The third-order valence-corrected chi connectivity index (χ3v) is 6.47. The smallest absolute Gasteiger partial charge is 0.263 e. The van der Waals surface area contributed by atoms with Gasteiger partial charge in [-0.25, -0.2) is 13.8 Å². The van der Waals surface area contributed by atoms with E-state index < -0.39 is 11.6 Å². The van der Waals surface area contributed by atoms with Crippen molar-refractivity contribution in [2.75, 3.05) is 24.1 Å². The Bertz CT molecular complexity index is 1130. The van der Waals surface area contributed by atoms with Crippen LogP contribution in [0.25, 0.3) is 10.2 Å². The third kappa shape index (κ3) is 3.70. The highest BCUT2D eigenvalue weighted by atomic mass is 32.1. The van der Waals surface area contributed by atoms with Crippen molar-refractivity contribution < 1.29 is 13.6 Å². The second-order valence-corrected chi connectivity index (χ2v) is 8.45. The lowest BCUT2D eigenvalue weighted by molar-refractivity contribution is 0.0938. The number of carbonyl (C=O) groups excluding carboxylic acids is 1. The van der Waals surface area contributed by atoms with Crippen LogP contribution in [0.2, 0.25) is 0 Å². The molecule has 1 aliphatic carbocycles. The molecule has 3 aromatic rings. The zero-order chi connectivity index (χ0) is 21.4. The fraction of sp³-hybridized carbons (Fsp3) is 0.333. The molecule has 2 aromatic heterocycles. The van der Waals surface area contributed by atoms with Gasteiger partial charge in [-0.15, -0.1) is 11.3 Å². The molecule has 0 aliphatic heterocycles. The Hall–Kier alpha value is -2.78. The molecule has 1 aliphatic rings. The van der Waals surface area contributed by atoms with Crippen molar-refractivity contribution in [3.8, 4) is 0 Å². The number of hydrogen-bond acceptors (Lipinski definition) is 6. The lowest BCUT2D eigenvalue weighted by Crippen LogP contribution is -2.39. The summed E-state index contributed by atoms with van der Waals surface area (Å²) in [5.41, 5.74) is 13.6. The third-order valence-electron chi connectivity index (χ3n) is 5.35. The fourth-order valence-corrected chi connectivity index (χ4v) is 4.88. The number of nitrogens with two attached hydrogens (primary N) is 2. The zero-order valence-electron chi connectivity index (χ0n) is 16.5. The molecule has 9 heteroatoms. The average molecular weight is 432 g/mol. The molecule has 0 saturated carbocycles. The molecule has 0 radical (unpaired) electrons. The van der Waals surface area contributed by atoms with E-state index in [1.165, 1.54) is 11.3 Å². The maximum absolute atomic E-state index is 14.7. The molecule has 30 heavy (non-hydrogen) atoms. The first-order valence-corrected chi connectivity index (χ1v) is 10.6. The normalized spacial score (nSPS) is 15.8. The van der Waals surface area contributed by atoms with Gasteiger partial charge in [0.1, 0.15) is 21.3 Å². The molecule has 2 heterocycles. The first-order valence-electron chi connectivity index (χ1n) is 9.79. The summed E-state index contributed by atoms with van der Waals surface area (Å²) in [6.07, 6.45) is 1.07. The largest absolute Gasteiger partial charge is 0.397 e. The summed E-state index contributed by atoms with van der Waals surface area (Å²) < 4.78 is 29.4. The van der Waals surface area contributed by atoms with E-state index in [9.17, 15) is 13.6 Å². The molecule has 0 fully saturated rings. The highest BCUT2D eigenvalue weighted by Crippen LogP contribution is 2.34. The van der Waals surface area contributed by atoms with E-state index >= 15 is 0 Å². The highest BCUT2D eigenvalue weighted by Gasteiger charge is 2.28. The number of carbonyl (C=O) groups is 1. The van der Waals surface area contributed by atoms with Crippen molar-refractivity contribution in [2.45, 2.75) is 32.2 Å². The Kier molecular flexibility index (Phi) is 5.57. The Morgan fingerprint density at radius 3 is 2.90 bits per heavy atom. The molecule has 4 rings (SSSR count). The summed E-state index contributed by atoms with van der Waals surface area (Å²) in [6, 6.07) is 4.55. The number of halogens is 2. The zero-order valence-corrected chi connectivity index (χ0v) is 17.3. The number of thiophene rings is 1. The number of hydrogen-bond donors (Lipinski definition) is 4. The topological polar surface area (TPSA) is 106 Å². The summed E-state index contributed by atoms with van der Waals surface area (Å²) in [5.74, 6) is -1.24. The summed E-state index contributed by atoms with van der Waals surface area (Å²) in [4.78, 5) is 18.3. The summed E-state index contributed by atoms with van der Waals surface area (Å²) >= 11 is 1.23. The minimum atomic E-state index is -0.481. The molecule has 1 amide bonds. The predicted octanol–water partition coefficient (Wildman–Crippen LogP) is 3.12. The van der Waals surface area contributed by atoms with Crippen LogP contribution in [0.5, 0.6) is 0 Å². The van der Waals surface area contributed by atoms with Gasteiger partial charge < -0.3 is 22.1 Å². The Balaban J connectivity index is 1.54. The Morgan fingerprint density at radius 2 is 2.13 bits per heavy atom. The van der Waals surface area contributed by atoms with Gasteiger partial charge in [0, 0.05) is 36.3 Å². The van der Waals surface area contributed by atoms with Crippen molar-refractivity contribution in [1.29, 1.82) is 0 Å². The van der Waals surface area contributed by atoms with E-state index in [0.29, 0.717) is 52.5 Å². The lowest BCUT2D eigenvalue weighted by atomic mass is 9.87. The number of anilines is 2. The van der Waals surface area contributed by atoms with E-state index in [0.717, 1.165) is 17.1 Å². The molecule has 6 nitrogen and oxygen atoms in total. The monoisotopic (exact) mass is 431 g/mol. The molecule has 0 saturated heterocycles. The number of aryl methyl sites for hydroxylation is 1. The molecule has 158 valence electrons. The van der Waals surface area contributed by atoms with Gasteiger partial charge in [-0.1, -0.05) is 0 Å². The second kappa shape index (κ2) is 8.16. The van der Waals surface area contributed by atoms with Crippen LogP contribution in [-0.2, 0) is 12.8 Å². The minimum absolute atomic E-state index is 0.125. The number of benzene rings is 1. The molecular formula is C21H23F2N5OS. The average Bonchev–Trinajstić information content (AvgIpc) is 3.05. The van der Waals surface area contributed by atoms with Gasteiger partial charge in [-0.3, -0.25) is 4.79 Å². The van der Waals surface area contributed by atoms with E-state index in [1.807, 2.05) is 19.1 Å². The van der Waals surface area contributed by atoms with E-state index in [-0.39, 0.29) is 24.1 Å². The SMILES string of the molecule is Cc1ccc2c(N)c(C(=O)N[C@H]3CCc4c(F)c(NCCN)cc(F)c4C3)sc2n1. The maximum Gasteiger partial charge on any atom is 0.263 e. The maximum atomic E-state index is 14.7.